The predicted octanol–water partition coefficient (Wildman–Crippen LogP) is 0.495. The highest BCUT2D eigenvalue weighted by Gasteiger charge is 2.19. The second-order valence-corrected chi connectivity index (χ2v) is 2.69. The van der Waals surface area contributed by atoms with Crippen molar-refractivity contribution >= 4 is 9.39 Å². The van der Waals surface area contributed by atoms with Gasteiger partial charge in [-0.3, -0.25) is 0 Å². The lowest BCUT2D eigenvalue weighted by Gasteiger charge is -2.45. The maximum Gasteiger partial charge on any atom is 0.0845 e. The average molecular weight is 105 g/mol. The predicted molar refractivity (Wildman–Crippen MR) is 27.7 cm³/mol. The summed E-state index contributed by atoms with van der Waals surface area (Å²) in [7, 11) is 2.26. The number of hydrogen-bond acceptors (Lipinski definition) is 1. The second-order valence-electron chi connectivity index (χ2n) is 1.75. The Bertz CT molecular complexity index is 57.8. The minimum absolute atomic E-state index is 0.0833. The molecular weight excluding hydrogens is 97.0 g/mol. The lowest BCUT2D eigenvalue weighted by molar-refractivity contribution is -0.790. The van der Waals surface area contributed by atoms with Gasteiger partial charge >= 0.3 is 0 Å². The van der Waals surface area contributed by atoms with E-state index >= 15 is 0 Å². The quantitative estimate of drug-likeness (QED) is 0.325. The molecule has 0 radical (unpaired) electrons. The van der Waals surface area contributed by atoms with Gasteiger partial charge in [0.2, 0.25) is 0 Å². The van der Waals surface area contributed by atoms with Gasteiger partial charge in [-0.1, -0.05) is 0 Å². The first-order chi connectivity index (χ1) is 2.71. The van der Waals surface area contributed by atoms with Crippen molar-refractivity contribution < 1.29 is 4.42 Å². The Morgan fingerprint density at radius 1 is 1.50 bits per heavy atom. The van der Waals surface area contributed by atoms with Crippen LogP contribution in [-0.2, 0) is 0 Å². The molecule has 0 aliphatic carbocycles. The lowest BCUT2D eigenvalue weighted by Crippen LogP contribution is -2.43. The van der Waals surface area contributed by atoms with E-state index in [1.165, 1.54) is 0 Å². The fourth-order valence-corrected chi connectivity index (χ4v) is 0.835. The molecule has 0 aromatic heterocycles. The first-order valence-electron chi connectivity index (χ1n) is 2.07. The normalized spacial score (nSPS) is 29.0. The first kappa shape index (κ1) is 4.51. The van der Waals surface area contributed by atoms with Crippen molar-refractivity contribution in [3.63, 3.8) is 0 Å². The molecule has 1 aliphatic heterocycles. The van der Waals surface area contributed by atoms with E-state index in [0.29, 0.717) is 0 Å². The number of quaternary nitrogens is 1. The van der Waals surface area contributed by atoms with E-state index in [1.54, 1.807) is 0 Å². The van der Waals surface area contributed by atoms with Gasteiger partial charge < -0.3 is 9.62 Å². The molecule has 36 valence electrons. The molecule has 2 nitrogen and oxygen atoms in total. The molecule has 1 rings (SSSR count). The van der Waals surface area contributed by atoms with Crippen molar-refractivity contribution in [1.82, 2.24) is 0 Å². The molecule has 1 aliphatic rings. The van der Waals surface area contributed by atoms with Crippen LogP contribution in [-0.4, -0.2) is 17.5 Å². The Balaban J connectivity index is 2.31. The molecule has 6 heavy (non-hydrogen) atoms. The van der Waals surface area contributed by atoms with Crippen molar-refractivity contribution in [3.05, 3.63) is 5.21 Å². The summed E-state index contributed by atoms with van der Waals surface area (Å²) in [6.45, 7) is 1.59. The molecule has 1 fully saturated rings. The van der Waals surface area contributed by atoms with E-state index in [2.05, 4.69) is 9.39 Å². The largest absolute Gasteiger partial charge is 0.632 e. The highest BCUT2D eigenvalue weighted by molar-refractivity contribution is 7.09. The third-order valence-corrected chi connectivity index (χ3v) is 1.59. The van der Waals surface area contributed by atoms with Crippen LogP contribution in [0.15, 0.2) is 0 Å². The van der Waals surface area contributed by atoms with Gasteiger partial charge in [-0.2, -0.15) is 0 Å². The van der Waals surface area contributed by atoms with Crippen LogP contribution in [0.5, 0.6) is 0 Å². The monoisotopic (exact) mass is 105 g/mol. The summed E-state index contributed by atoms with van der Waals surface area (Å²) >= 11 is 0. The van der Waals surface area contributed by atoms with E-state index in [9.17, 15) is 5.21 Å². The Labute approximate surface area is 39.6 Å². The van der Waals surface area contributed by atoms with Gasteiger partial charge in [0.05, 0.1) is 22.5 Å². The topological polar surface area (TPSA) is 23.1 Å². The zero-order chi connectivity index (χ0) is 4.62. The minimum Gasteiger partial charge on any atom is -0.632 e. The first-order valence-corrected chi connectivity index (χ1v) is 2.59. The van der Waals surface area contributed by atoms with Crippen LogP contribution in [0.1, 0.15) is 6.42 Å². The lowest BCUT2D eigenvalue weighted by atomic mass is 10.3. The maximum atomic E-state index is 10.5. The molecule has 0 aromatic carbocycles. The molecule has 0 bridgehead atoms. The van der Waals surface area contributed by atoms with Crippen molar-refractivity contribution in [2.45, 2.75) is 6.42 Å². The molecular formula is C3H8NOP. The summed E-state index contributed by atoms with van der Waals surface area (Å²) in [5, 5.41) is 10.5. The summed E-state index contributed by atoms with van der Waals surface area (Å²) in [4.78, 5) is 0. The van der Waals surface area contributed by atoms with E-state index in [1.807, 2.05) is 0 Å². The van der Waals surface area contributed by atoms with Gasteiger partial charge in [0, 0.05) is 6.42 Å². The zero-order valence-corrected chi connectivity index (χ0v) is 4.71. The van der Waals surface area contributed by atoms with Crippen LogP contribution >= 0.6 is 9.39 Å². The van der Waals surface area contributed by atoms with Crippen molar-refractivity contribution in [1.29, 1.82) is 0 Å². The highest BCUT2D eigenvalue weighted by atomic mass is 31.0. The van der Waals surface area contributed by atoms with Crippen LogP contribution < -0.4 is 0 Å². The summed E-state index contributed by atoms with van der Waals surface area (Å²) < 4.78 is -0.0833. The van der Waals surface area contributed by atoms with E-state index in [-0.39, 0.29) is 4.42 Å². The van der Waals surface area contributed by atoms with Gasteiger partial charge in [-0.05, 0) is 0 Å². The Hall–Kier alpha value is 0.350. The summed E-state index contributed by atoms with van der Waals surface area (Å²) in [6.07, 6.45) is 1.10. The Morgan fingerprint density at radius 2 is 1.83 bits per heavy atom. The highest BCUT2D eigenvalue weighted by Crippen LogP contribution is 2.22. The van der Waals surface area contributed by atoms with E-state index in [0.717, 1.165) is 19.5 Å². The number of hydroxylamine groups is 2. The molecule has 1 unspecified atom stereocenters. The smallest absolute Gasteiger partial charge is 0.0845 e. The van der Waals surface area contributed by atoms with Gasteiger partial charge in [-0.15, -0.1) is 0 Å². The third-order valence-electron chi connectivity index (χ3n) is 1.07. The minimum atomic E-state index is -0.0833. The Kier molecular flexibility index (Phi) is 0.870. The SMILES string of the molecule is [O-][N+]1(P)CCC1. The van der Waals surface area contributed by atoms with Crippen LogP contribution in [0.25, 0.3) is 0 Å². The number of nitrogens with zero attached hydrogens (tertiary/aromatic N) is 1. The molecule has 0 saturated carbocycles. The molecule has 0 aromatic rings. The van der Waals surface area contributed by atoms with Crippen LogP contribution in [0.2, 0.25) is 0 Å². The fraction of sp³-hybridized carbons (Fsp3) is 1.00. The fourth-order valence-electron chi connectivity index (χ4n) is 0.470. The van der Waals surface area contributed by atoms with Crippen molar-refractivity contribution in [3.8, 4) is 0 Å². The standard InChI is InChI=1S/C3H8NOP/c5-4(6)2-1-3-4/h1-3,6H2. The van der Waals surface area contributed by atoms with Gasteiger partial charge in [0.15, 0.2) is 0 Å². The van der Waals surface area contributed by atoms with Gasteiger partial charge in [0.25, 0.3) is 0 Å². The molecule has 0 N–H and O–H groups in total. The van der Waals surface area contributed by atoms with Crippen LogP contribution in [0.4, 0.5) is 0 Å². The summed E-state index contributed by atoms with van der Waals surface area (Å²) in [6, 6.07) is 0. The average Bonchev–Trinajstić information content (AvgIpc) is 1.32. The zero-order valence-electron chi connectivity index (χ0n) is 3.55. The van der Waals surface area contributed by atoms with Gasteiger partial charge in [0.1, 0.15) is 0 Å². The van der Waals surface area contributed by atoms with Crippen molar-refractivity contribution in [2.75, 3.05) is 13.1 Å². The van der Waals surface area contributed by atoms with Crippen LogP contribution in [0.3, 0.4) is 0 Å². The summed E-state index contributed by atoms with van der Waals surface area (Å²) in [5.41, 5.74) is 0. The second kappa shape index (κ2) is 1.16. The molecule has 1 saturated heterocycles. The van der Waals surface area contributed by atoms with Crippen molar-refractivity contribution in [2.24, 2.45) is 0 Å². The van der Waals surface area contributed by atoms with E-state index < -0.39 is 0 Å². The van der Waals surface area contributed by atoms with Gasteiger partial charge in [-0.25, -0.2) is 0 Å². The number of rotatable bonds is 0. The molecule has 1 atom stereocenters. The Morgan fingerprint density at radius 3 is 1.83 bits per heavy atom. The molecule has 1 heterocycles. The number of hydrogen-bond donors (Lipinski definition) is 0. The molecule has 0 spiro atoms. The summed E-state index contributed by atoms with van der Waals surface area (Å²) in [5.74, 6) is 0. The van der Waals surface area contributed by atoms with E-state index in [4.69, 9.17) is 0 Å². The molecule has 0 amide bonds. The third kappa shape index (κ3) is 0.700. The molecule has 3 heteroatoms. The maximum absolute atomic E-state index is 10.5. The van der Waals surface area contributed by atoms with Crippen LogP contribution in [0, 0.1) is 5.21 Å².